The van der Waals surface area contributed by atoms with E-state index >= 15 is 0 Å². The number of nitrogens with zero attached hydrogens (tertiary/aromatic N) is 1. The van der Waals surface area contributed by atoms with Gasteiger partial charge in [0.1, 0.15) is 0 Å². The van der Waals surface area contributed by atoms with Crippen molar-refractivity contribution in [3.05, 3.63) is 175 Å². The lowest BCUT2D eigenvalue weighted by atomic mass is 9.73. The number of hydrogen-bond acceptors (Lipinski definition) is 1. The van der Waals surface area contributed by atoms with E-state index in [9.17, 15) is 0 Å². The smallest absolute Gasteiger partial charge is 0.0468 e. The zero-order valence-corrected chi connectivity index (χ0v) is 26.4. The molecule has 7 aromatic rings. The van der Waals surface area contributed by atoms with Gasteiger partial charge in [-0.2, -0.15) is 0 Å². The lowest BCUT2D eigenvalue weighted by Gasteiger charge is -2.30. The normalized spacial score (nSPS) is 12.9. The molecule has 46 heavy (non-hydrogen) atoms. The van der Waals surface area contributed by atoms with Gasteiger partial charge in [-0.3, -0.25) is 0 Å². The first-order chi connectivity index (χ1) is 22.7. The molecule has 0 unspecified atom stereocenters. The Hall–Kier alpha value is -5.40. The highest BCUT2D eigenvalue weighted by molar-refractivity contribution is 5.96. The Labute approximate surface area is 272 Å². The van der Waals surface area contributed by atoms with Crippen LogP contribution in [0, 0.1) is 0 Å². The summed E-state index contributed by atoms with van der Waals surface area (Å²) in [6.07, 6.45) is 2.20. The average Bonchev–Trinajstić information content (AvgIpc) is 3.40. The van der Waals surface area contributed by atoms with Crippen molar-refractivity contribution in [3.63, 3.8) is 0 Å². The molecule has 0 amide bonds. The first kappa shape index (κ1) is 28.1. The highest BCUT2D eigenvalue weighted by Gasteiger charge is 2.40. The molecule has 7 aromatic carbocycles. The van der Waals surface area contributed by atoms with E-state index in [0.717, 1.165) is 29.9 Å². The number of rotatable bonds is 7. The van der Waals surface area contributed by atoms with Crippen LogP contribution in [0.4, 0.5) is 17.1 Å². The molecule has 0 N–H and O–H groups in total. The van der Waals surface area contributed by atoms with E-state index in [2.05, 4.69) is 183 Å². The maximum absolute atomic E-state index is 2.47. The molecule has 0 radical (unpaired) electrons. The van der Waals surface area contributed by atoms with Gasteiger partial charge in [-0.15, -0.1) is 0 Å². The van der Waals surface area contributed by atoms with Gasteiger partial charge in [-0.05, 0) is 117 Å². The van der Waals surface area contributed by atoms with Gasteiger partial charge < -0.3 is 4.90 Å². The van der Waals surface area contributed by atoms with Crippen LogP contribution >= 0.6 is 0 Å². The second-order valence-electron chi connectivity index (χ2n) is 12.4. The molecule has 1 aliphatic carbocycles. The van der Waals surface area contributed by atoms with Gasteiger partial charge in [-0.1, -0.05) is 129 Å². The van der Waals surface area contributed by atoms with E-state index in [4.69, 9.17) is 0 Å². The van der Waals surface area contributed by atoms with Crippen molar-refractivity contribution in [2.24, 2.45) is 0 Å². The predicted molar refractivity (Wildman–Crippen MR) is 196 cm³/mol. The van der Waals surface area contributed by atoms with E-state index in [1.807, 2.05) is 0 Å². The van der Waals surface area contributed by atoms with Crippen LogP contribution in [-0.4, -0.2) is 0 Å². The molecule has 1 nitrogen and oxygen atoms in total. The minimum absolute atomic E-state index is 0.0791. The number of para-hydroxylation sites is 1. The van der Waals surface area contributed by atoms with Crippen molar-refractivity contribution in [2.75, 3.05) is 4.90 Å². The number of hydrogen-bond donors (Lipinski definition) is 0. The van der Waals surface area contributed by atoms with Crippen molar-refractivity contribution >= 4 is 27.8 Å². The summed E-state index contributed by atoms with van der Waals surface area (Å²) in [6.45, 7) is 4.68. The van der Waals surface area contributed by atoms with Gasteiger partial charge in [-0.25, -0.2) is 0 Å². The molecule has 1 heteroatoms. The third-order valence-electron chi connectivity index (χ3n) is 10.1. The fraction of sp³-hybridized carbons (Fsp3) is 0.111. The topological polar surface area (TPSA) is 3.24 Å². The van der Waals surface area contributed by atoms with Crippen LogP contribution in [0.1, 0.15) is 37.8 Å². The zero-order chi connectivity index (χ0) is 31.1. The molecular formula is C45H37N. The fourth-order valence-electron chi connectivity index (χ4n) is 7.75. The van der Waals surface area contributed by atoms with Crippen LogP contribution in [0.5, 0.6) is 0 Å². The largest absolute Gasteiger partial charge is 0.310 e. The molecule has 222 valence electrons. The minimum Gasteiger partial charge on any atom is -0.310 e. The first-order valence-corrected chi connectivity index (χ1v) is 16.5. The molecule has 0 atom stereocenters. The fourth-order valence-corrected chi connectivity index (χ4v) is 7.75. The molecule has 8 rings (SSSR count). The Morgan fingerprint density at radius 1 is 0.391 bits per heavy atom. The van der Waals surface area contributed by atoms with Crippen LogP contribution in [0.2, 0.25) is 0 Å². The maximum Gasteiger partial charge on any atom is 0.0468 e. The Balaban J connectivity index is 1.23. The second kappa shape index (κ2) is 11.5. The van der Waals surface area contributed by atoms with Crippen molar-refractivity contribution in [3.8, 4) is 33.4 Å². The molecule has 0 fully saturated rings. The van der Waals surface area contributed by atoms with Crippen molar-refractivity contribution in [1.82, 2.24) is 0 Å². The molecule has 0 aliphatic heterocycles. The molecule has 0 aromatic heterocycles. The number of anilines is 3. The minimum atomic E-state index is 0.0791. The summed E-state index contributed by atoms with van der Waals surface area (Å²) in [5, 5.41) is 2.56. The van der Waals surface area contributed by atoms with Crippen molar-refractivity contribution in [1.29, 1.82) is 0 Å². The van der Waals surface area contributed by atoms with Gasteiger partial charge in [0.05, 0.1) is 0 Å². The summed E-state index contributed by atoms with van der Waals surface area (Å²) in [5.41, 5.74) is 14.2. The van der Waals surface area contributed by atoms with Crippen LogP contribution < -0.4 is 4.90 Å². The van der Waals surface area contributed by atoms with E-state index in [1.54, 1.807) is 0 Å². The summed E-state index contributed by atoms with van der Waals surface area (Å²) in [7, 11) is 0. The Morgan fingerprint density at radius 2 is 0.935 bits per heavy atom. The lowest BCUT2D eigenvalue weighted by molar-refractivity contribution is 0.491. The second-order valence-corrected chi connectivity index (χ2v) is 12.4. The Bertz CT molecular complexity index is 2160. The van der Waals surface area contributed by atoms with E-state index < -0.39 is 0 Å². The van der Waals surface area contributed by atoms with Gasteiger partial charge in [0.2, 0.25) is 0 Å². The summed E-state index contributed by atoms with van der Waals surface area (Å²) in [5.74, 6) is 0. The van der Waals surface area contributed by atoms with E-state index in [0.29, 0.717) is 0 Å². The van der Waals surface area contributed by atoms with Crippen LogP contribution in [0.25, 0.3) is 44.2 Å². The summed E-state index contributed by atoms with van der Waals surface area (Å²) in [4.78, 5) is 2.37. The van der Waals surface area contributed by atoms with Gasteiger partial charge in [0.15, 0.2) is 0 Å². The lowest BCUT2D eigenvalue weighted by Crippen LogP contribution is -2.22. The van der Waals surface area contributed by atoms with Crippen LogP contribution in [0.3, 0.4) is 0 Å². The predicted octanol–water partition coefficient (Wildman–Crippen LogP) is 12.7. The highest BCUT2D eigenvalue weighted by atomic mass is 15.1. The molecule has 0 saturated heterocycles. The number of benzene rings is 7. The quantitative estimate of drug-likeness (QED) is 0.178. The van der Waals surface area contributed by atoms with Crippen molar-refractivity contribution in [2.45, 2.75) is 32.1 Å². The van der Waals surface area contributed by atoms with Gasteiger partial charge in [0.25, 0.3) is 0 Å². The third-order valence-corrected chi connectivity index (χ3v) is 10.1. The van der Waals surface area contributed by atoms with Crippen LogP contribution in [-0.2, 0) is 5.41 Å². The summed E-state index contributed by atoms with van der Waals surface area (Å²) < 4.78 is 0. The SMILES string of the molecule is CCC1(CC)c2ccccc2-c2cc3cc(N(c4ccccc4)c4ccc(-c5ccccc5-c5ccccc5)cc4)ccc3cc21. The summed E-state index contributed by atoms with van der Waals surface area (Å²) >= 11 is 0. The van der Waals surface area contributed by atoms with E-state index in [-0.39, 0.29) is 5.41 Å². The van der Waals surface area contributed by atoms with Crippen LogP contribution in [0.15, 0.2) is 164 Å². The molecule has 0 bridgehead atoms. The monoisotopic (exact) mass is 591 g/mol. The maximum atomic E-state index is 2.47. The van der Waals surface area contributed by atoms with Gasteiger partial charge >= 0.3 is 0 Å². The van der Waals surface area contributed by atoms with Crippen molar-refractivity contribution < 1.29 is 0 Å². The Morgan fingerprint density at radius 3 is 1.61 bits per heavy atom. The number of fused-ring (bicyclic) bond motifs is 4. The Kier molecular flexibility index (Phi) is 7.03. The summed E-state index contributed by atoms with van der Waals surface area (Å²) in [6, 6.07) is 59.9. The molecule has 0 saturated carbocycles. The highest BCUT2D eigenvalue weighted by Crippen LogP contribution is 2.53. The van der Waals surface area contributed by atoms with Gasteiger partial charge in [0, 0.05) is 22.5 Å². The standard InChI is InChI=1S/C45H37N/c1-3-45(4-2)43-22-14-13-21-41(43)42-30-35-29-38(28-25-34(35)31-44(42)45)46(36-17-9-6-10-18-36)37-26-23-33(24-27-37)40-20-12-11-19-39(40)32-15-7-5-8-16-32/h5-31H,3-4H2,1-2H3. The molecule has 0 spiro atoms. The first-order valence-electron chi connectivity index (χ1n) is 16.5. The zero-order valence-electron chi connectivity index (χ0n) is 26.4. The third kappa shape index (κ3) is 4.54. The molecule has 0 heterocycles. The molecule has 1 aliphatic rings. The molecular weight excluding hydrogens is 555 g/mol. The average molecular weight is 592 g/mol. The van der Waals surface area contributed by atoms with E-state index in [1.165, 1.54) is 55.3 Å².